The van der Waals surface area contributed by atoms with E-state index < -0.39 is 0 Å². The highest BCUT2D eigenvalue weighted by molar-refractivity contribution is 6.32. The lowest BCUT2D eigenvalue weighted by molar-refractivity contribution is -0.134. The maximum atomic E-state index is 12.3. The van der Waals surface area contributed by atoms with E-state index in [1.807, 2.05) is 24.1 Å². The number of piperidine rings is 1. The van der Waals surface area contributed by atoms with Crippen molar-refractivity contribution < 1.29 is 9.53 Å². The Morgan fingerprint density at radius 1 is 1.33 bits per heavy atom. The lowest BCUT2D eigenvalue weighted by atomic mass is 9.98. The Hall–Kier alpha value is -1.26. The quantitative estimate of drug-likeness (QED) is 0.929. The maximum absolute atomic E-state index is 12.3. The van der Waals surface area contributed by atoms with Crippen LogP contribution >= 0.6 is 11.6 Å². The fourth-order valence-corrected chi connectivity index (χ4v) is 3.54. The maximum Gasteiger partial charge on any atom is 0.260 e. The van der Waals surface area contributed by atoms with E-state index in [1.54, 1.807) is 12.1 Å². The molecule has 2 unspecified atom stereocenters. The number of halogens is 1. The molecular weight excluding hydrogens is 288 g/mol. The van der Waals surface area contributed by atoms with Crippen molar-refractivity contribution in [3.63, 3.8) is 0 Å². The van der Waals surface area contributed by atoms with Gasteiger partial charge >= 0.3 is 0 Å². The van der Waals surface area contributed by atoms with E-state index in [2.05, 4.69) is 5.32 Å². The molecule has 2 heterocycles. The second-order valence-electron chi connectivity index (χ2n) is 5.99. The van der Waals surface area contributed by atoms with Gasteiger partial charge in [-0.3, -0.25) is 4.79 Å². The molecule has 2 aliphatic heterocycles. The number of carbonyl (C=O) groups is 1. The van der Waals surface area contributed by atoms with E-state index in [-0.39, 0.29) is 12.5 Å². The molecule has 3 rings (SSSR count). The number of amides is 1. The molecule has 0 radical (unpaired) electrons. The number of carbonyl (C=O) groups excluding carboxylic acids is 1. The third-order valence-electron chi connectivity index (χ3n) is 4.58. The smallest absolute Gasteiger partial charge is 0.260 e. The molecule has 1 aromatic rings. The molecule has 0 aromatic heterocycles. The van der Waals surface area contributed by atoms with Gasteiger partial charge in [0.05, 0.1) is 5.02 Å². The number of ether oxygens (including phenoxy) is 1. The minimum atomic E-state index is 0.0150. The fraction of sp³-hybridized carbons (Fsp3) is 0.562. The number of hydrogen-bond acceptors (Lipinski definition) is 3. The zero-order chi connectivity index (χ0) is 14.8. The molecule has 1 N–H and O–H groups in total. The molecule has 0 saturated carbocycles. The van der Waals surface area contributed by atoms with Crippen LogP contribution < -0.4 is 10.1 Å². The highest BCUT2D eigenvalue weighted by Crippen LogP contribution is 2.29. The van der Waals surface area contributed by atoms with Gasteiger partial charge < -0.3 is 15.0 Å². The topological polar surface area (TPSA) is 41.6 Å². The predicted octanol–water partition coefficient (Wildman–Crippen LogP) is 2.46. The van der Waals surface area contributed by atoms with Crippen LogP contribution in [0.4, 0.5) is 0 Å². The van der Waals surface area contributed by atoms with Crippen molar-refractivity contribution in [1.82, 2.24) is 10.2 Å². The van der Waals surface area contributed by atoms with E-state index in [4.69, 9.17) is 16.3 Å². The molecule has 1 amide bonds. The summed E-state index contributed by atoms with van der Waals surface area (Å²) in [5.74, 6) is 0.576. The summed E-state index contributed by atoms with van der Waals surface area (Å²) in [6, 6.07) is 8.71. The highest BCUT2D eigenvalue weighted by atomic mass is 35.5. The lowest BCUT2D eigenvalue weighted by Gasteiger charge is -2.35. The van der Waals surface area contributed by atoms with Crippen LogP contribution in [0.2, 0.25) is 5.02 Å². The minimum absolute atomic E-state index is 0.0150. The van der Waals surface area contributed by atoms with E-state index in [0.717, 1.165) is 12.8 Å². The first-order chi connectivity index (χ1) is 10.1. The van der Waals surface area contributed by atoms with Gasteiger partial charge in [0.1, 0.15) is 5.75 Å². The van der Waals surface area contributed by atoms with Gasteiger partial charge in [-0.2, -0.15) is 0 Å². The number of nitrogens with one attached hydrogen (secondary N) is 1. The third kappa shape index (κ3) is 3.33. The summed E-state index contributed by atoms with van der Waals surface area (Å²) in [4.78, 5) is 14.1. The third-order valence-corrected chi connectivity index (χ3v) is 4.89. The second kappa shape index (κ2) is 6.24. The van der Waals surface area contributed by atoms with Crippen LogP contribution in [-0.4, -0.2) is 42.6 Å². The minimum Gasteiger partial charge on any atom is -0.482 e. The molecule has 0 spiro atoms. The molecule has 2 aliphatic rings. The SMILES string of the molecule is CN(C(=O)COc1ccccc1Cl)C1CC2CCC(C1)N2. The molecule has 114 valence electrons. The van der Waals surface area contributed by atoms with Gasteiger partial charge in [0, 0.05) is 25.2 Å². The average molecular weight is 309 g/mol. The molecule has 2 saturated heterocycles. The van der Waals surface area contributed by atoms with E-state index in [0.29, 0.717) is 28.9 Å². The first-order valence-corrected chi connectivity index (χ1v) is 7.90. The molecule has 2 fully saturated rings. The van der Waals surface area contributed by atoms with Gasteiger partial charge in [-0.15, -0.1) is 0 Å². The first-order valence-electron chi connectivity index (χ1n) is 7.52. The van der Waals surface area contributed by atoms with Crippen LogP contribution in [-0.2, 0) is 4.79 Å². The number of fused-ring (bicyclic) bond motifs is 2. The molecule has 21 heavy (non-hydrogen) atoms. The van der Waals surface area contributed by atoms with Crippen molar-refractivity contribution in [2.75, 3.05) is 13.7 Å². The summed E-state index contributed by atoms with van der Waals surface area (Å²) < 4.78 is 5.54. The summed E-state index contributed by atoms with van der Waals surface area (Å²) >= 11 is 6.02. The zero-order valence-electron chi connectivity index (χ0n) is 12.2. The lowest BCUT2D eigenvalue weighted by Crippen LogP contribution is -2.49. The van der Waals surface area contributed by atoms with E-state index in [9.17, 15) is 4.79 Å². The van der Waals surface area contributed by atoms with Crippen molar-refractivity contribution in [2.24, 2.45) is 0 Å². The summed E-state index contributed by atoms with van der Waals surface area (Å²) in [6.07, 6.45) is 4.56. The summed E-state index contributed by atoms with van der Waals surface area (Å²) in [5.41, 5.74) is 0. The monoisotopic (exact) mass is 308 g/mol. The van der Waals surface area contributed by atoms with Crippen LogP contribution in [0.5, 0.6) is 5.75 Å². The molecular formula is C16H21ClN2O2. The molecule has 4 nitrogen and oxygen atoms in total. The molecule has 5 heteroatoms. The summed E-state index contributed by atoms with van der Waals surface area (Å²) in [5, 5.41) is 4.13. The van der Waals surface area contributed by atoms with Gasteiger partial charge in [-0.25, -0.2) is 0 Å². The first kappa shape index (κ1) is 14.7. The Labute approximate surface area is 130 Å². The van der Waals surface area contributed by atoms with Crippen LogP contribution in [0, 0.1) is 0 Å². The van der Waals surface area contributed by atoms with Crippen molar-refractivity contribution in [1.29, 1.82) is 0 Å². The standard InChI is InChI=1S/C16H21ClN2O2/c1-19(13-8-11-6-7-12(9-13)18-11)16(20)10-21-15-5-3-2-4-14(15)17/h2-5,11-13,18H,6-10H2,1H3. The normalized spacial score (nSPS) is 27.4. The Morgan fingerprint density at radius 2 is 2.00 bits per heavy atom. The van der Waals surface area contributed by atoms with Gasteiger partial charge in [-0.1, -0.05) is 23.7 Å². The fourth-order valence-electron chi connectivity index (χ4n) is 3.35. The number of nitrogens with zero attached hydrogens (tertiary/aromatic N) is 1. The van der Waals surface area contributed by atoms with Gasteiger partial charge in [-0.05, 0) is 37.8 Å². The van der Waals surface area contributed by atoms with Gasteiger partial charge in [0.25, 0.3) is 5.91 Å². The highest BCUT2D eigenvalue weighted by Gasteiger charge is 2.36. The van der Waals surface area contributed by atoms with Crippen molar-refractivity contribution in [3.05, 3.63) is 29.3 Å². The van der Waals surface area contributed by atoms with Crippen LogP contribution in [0.1, 0.15) is 25.7 Å². The molecule has 1 aromatic carbocycles. The Balaban J connectivity index is 1.54. The Bertz CT molecular complexity index is 511. The van der Waals surface area contributed by atoms with Crippen molar-refractivity contribution in [3.8, 4) is 5.75 Å². The predicted molar refractivity (Wildman–Crippen MR) is 82.7 cm³/mol. The van der Waals surface area contributed by atoms with Crippen LogP contribution in [0.15, 0.2) is 24.3 Å². The summed E-state index contributed by atoms with van der Waals surface area (Å²) in [6.45, 7) is 0.0412. The second-order valence-corrected chi connectivity index (χ2v) is 6.39. The van der Waals surface area contributed by atoms with Gasteiger partial charge in [0.2, 0.25) is 0 Å². The Morgan fingerprint density at radius 3 is 2.67 bits per heavy atom. The zero-order valence-corrected chi connectivity index (χ0v) is 13.0. The average Bonchev–Trinajstić information content (AvgIpc) is 2.83. The number of benzene rings is 1. The molecule has 2 atom stereocenters. The Kier molecular flexibility index (Phi) is 4.36. The van der Waals surface area contributed by atoms with Gasteiger partial charge in [0.15, 0.2) is 6.61 Å². The van der Waals surface area contributed by atoms with E-state index >= 15 is 0 Å². The van der Waals surface area contributed by atoms with E-state index in [1.165, 1.54) is 12.8 Å². The molecule has 2 bridgehead atoms. The number of rotatable bonds is 4. The number of hydrogen-bond donors (Lipinski definition) is 1. The number of likely N-dealkylation sites (N-methyl/N-ethyl adjacent to an activating group) is 1. The molecule has 0 aliphatic carbocycles. The van der Waals surface area contributed by atoms with Crippen LogP contribution in [0.25, 0.3) is 0 Å². The van der Waals surface area contributed by atoms with Crippen molar-refractivity contribution in [2.45, 2.75) is 43.8 Å². The summed E-state index contributed by atoms with van der Waals surface area (Å²) in [7, 11) is 1.88. The largest absolute Gasteiger partial charge is 0.482 e. The number of para-hydroxylation sites is 1. The van der Waals surface area contributed by atoms with Crippen LogP contribution in [0.3, 0.4) is 0 Å². The van der Waals surface area contributed by atoms with Crippen molar-refractivity contribution >= 4 is 17.5 Å².